The van der Waals surface area contributed by atoms with E-state index in [0.29, 0.717) is 13.0 Å². The van der Waals surface area contributed by atoms with E-state index in [1.54, 1.807) is 0 Å². The number of fused-ring (bicyclic) bond motifs is 1. The highest BCUT2D eigenvalue weighted by Crippen LogP contribution is 2.32. The van der Waals surface area contributed by atoms with Crippen LogP contribution in [0.4, 0.5) is 11.4 Å². The quantitative estimate of drug-likeness (QED) is 0.870. The first-order valence-electron chi connectivity index (χ1n) is 7.82. The fourth-order valence-corrected chi connectivity index (χ4v) is 2.69. The Labute approximate surface area is 137 Å². The van der Waals surface area contributed by atoms with Crippen LogP contribution in [0.3, 0.4) is 0 Å². The number of aliphatic imine (C=N–C) groups is 1. The largest absolute Gasteiger partial charge is 0.309 e. The van der Waals surface area contributed by atoms with Gasteiger partial charge in [-0.15, -0.1) is 0 Å². The highest BCUT2D eigenvalue weighted by Gasteiger charge is 2.24. The summed E-state index contributed by atoms with van der Waals surface area (Å²) in [6, 6.07) is 17.8. The minimum atomic E-state index is 0.0967. The van der Waals surface area contributed by atoms with Crippen molar-refractivity contribution in [1.29, 1.82) is 0 Å². The number of carbonyl (C=O) groups excluding carboxylic acids is 1. The van der Waals surface area contributed by atoms with Gasteiger partial charge >= 0.3 is 0 Å². The number of rotatable bonds is 4. The van der Waals surface area contributed by atoms with Gasteiger partial charge in [-0.05, 0) is 31.8 Å². The number of anilines is 1. The van der Waals surface area contributed by atoms with Crippen molar-refractivity contribution in [1.82, 2.24) is 4.90 Å². The van der Waals surface area contributed by atoms with Crippen molar-refractivity contribution in [2.45, 2.75) is 6.42 Å². The third-order valence-corrected chi connectivity index (χ3v) is 3.93. The maximum absolute atomic E-state index is 12.8. The molecule has 0 aliphatic carbocycles. The summed E-state index contributed by atoms with van der Waals surface area (Å²) < 4.78 is 0. The SMILES string of the molecule is CN(C)CCN1C(=O)CC(c2ccccc2)=Nc2ccccc21. The Bertz CT molecular complexity index is 722. The Hall–Kier alpha value is -2.46. The third-order valence-electron chi connectivity index (χ3n) is 3.93. The van der Waals surface area contributed by atoms with Crippen molar-refractivity contribution in [2.24, 2.45) is 4.99 Å². The van der Waals surface area contributed by atoms with Crippen LogP contribution in [0.5, 0.6) is 0 Å². The Kier molecular flexibility index (Phi) is 4.53. The second-order valence-corrected chi connectivity index (χ2v) is 5.94. The molecule has 0 fully saturated rings. The number of benzene rings is 2. The number of para-hydroxylation sites is 2. The standard InChI is InChI=1S/C19H21N3O/c1-21(2)12-13-22-18-11-7-6-10-16(18)20-17(14-19(22)23)15-8-4-3-5-9-15/h3-11H,12-14H2,1-2H3. The van der Waals surface area contributed by atoms with Crippen molar-refractivity contribution >= 4 is 23.0 Å². The predicted molar refractivity (Wildman–Crippen MR) is 94.6 cm³/mol. The summed E-state index contributed by atoms with van der Waals surface area (Å²) in [5.74, 6) is 0.0967. The summed E-state index contributed by atoms with van der Waals surface area (Å²) in [6.07, 6.45) is 0.326. The number of likely N-dealkylation sites (N-methyl/N-ethyl adjacent to an activating group) is 1. The molecule has 1 aliphatic rings. The van der Waals surface area contributed by atoms with Crippen LogP contribution in [-0.2, 0) is 4.79 Å². The molecule has 1 aliphatic heterocycles. The van der Waals surface area contributed by atoms with E-state index in [9.17, 15) is 4.79 Å². The number of nitrogens with zero attached hydrogens (tertiary/aromatic N) is 3. The number of hydrogen-bond acceptors (Lipinski definition) is 3. The van der Waals surface area contributed by atoms with E-state index >= 15 is 0 Å². The summed E-state index contributed by atoms with van der Waals surface area (Å²) in [5, 5.41) is 0. The third kappa shape index (κ3) is 3.48. The lowest BCUT2D eigenvalue weighted by Crippen LogP contribution is -2.37. The number of amides is 1. The van der Waals surface area contributed by atoms with Crippen molar-refractivity contribution in [3.8, 4) is 0 Å². The van der Waals surface area contributed by atoms with Crippen molar-refractivity contribution in [3.05, 3.63) is 60.2 Å². The summed E-state index contributed by atoms with van der Waals surface area (Å²) in [4.78, 5) is 21.5. The zero-order valence-electron chi connectivity index (χ0n) is 13.6. The highest BCUT2D eigenvalue weighted by molar-refractivity contribution is 6.17. The predicted octanol–water partition coefficient (Wildman–Crippen LogP) is 3.11. The van der Waals surface area contributed by atoms with Crippen LogP contribution in [0.2, 0.25) is 0 Å². The zero-order valence-corrected chi connectivity index (χ0v) is 13.6. The molecule has 2 aromatic carbocycles. The van der Waals surface area contributed by atoms with Gasteiger partial charge in [0.2, 0.25) is 5.91 Å². The normalized spacial score (nSPS) is 14.5. The lowest BCUT2D eigenvalue weighted by atomic mass is 10.1. The van der Waals surface area contributed by atoms with Gasteiger partial charge in [-0.25, -0.2) is 0 Å². The molecule has 0 atom stereocenters. The second kappa shape index (κ2) is 6.75. The van der Waals surface area contributed by atoms with Crippen LogP contribution in [-0.4, -0.2) is 43.7 Å². The zero-order chi connectivity index (χ0) is 16.2. The number of hydrogen-bond donors (Lipinski definition) is 0. The molecule has 0 saturated heterocycles. The Morgan fingerprint density at radius 3 is 2.48 bits per heavy atom. The maximum Gasteiger partial charge on any atom is 0.233 e. The molecular formula is C19H21N3O. The molecule has 0 radical (unpaired) electrons. The average Bonchev–Trinajstić information content (AvgIpc) is 2.70. The molecule has 3 rings (SSSR count). The first-order chi connectivity index (χ1) is 11.1. The van der Waals surface area contributed by atoms with Gasteiger partial charge in [0.05, 0.1) is 23.5 Å². The topological polar surface area (TPSA) is 35.9 Å². The number of carbonyl (C=O) groups is 1. The van der Waals surface area contributed by atoms with E-state index < -0.39 is 0 Å². The molecule has 4 nitrogen and oxygen atoms in total. The molecule has 2 aromatic rings. The summed E-state index contributed by atoms with van der Waals surface area (Å²) in [6.45, 7) is 1.49. The van der Waals surface area contributed by atoms with E-state index in [1.165, 1.54) is 0 Å². The molecular weight excluding hydrogens is 286 g/mol. The van der Waals surface area contributed by atoms with Gasteiger partial charge in [-0.1, -0.05) is 42.5 Å². The van der Waals surface area contributed by atoms with Gasteiger partial charge in [-0.2, -0.15) is 0 Å². The van der Waals surface area contributed by atoms with Crippen LogP contribution in [0.25, 0.3) is 0 Å². The van der Waals surface area contributed by atoms with E-state index in [1.807, 2.05) is 73.6 Å². The molecule has 0 spiro atoms. The maximum atomic E-state index is 12.8. The van der Waals surface area contributed by atoms with Crippen LogP contribution in [0, 0.1) is 0 Å². The first kappa shape index (κ1) is 15.4. The molecule has 4 heteroatoms. The molecule has 1 heterocycles. The molecule has 0 unspecified atom stereocenters. The van der Waals surface area contributed by atoms with Crippen molar-refractivity contribution < 1.29 is 4.79 Å². The van der Waals surface area contributed by atoms with Gasteiger partial charge in [0, 0.05) is 13.1 Å². The summed E-state index contributed by atoms with van der Waals surface area (Å²) >= 11 is 0. The van der Waals surface area contributed by atoms with Crippen LogP contribution in [0.1, 0.15) is 12.0 Å². The molecule has 23 heavy (non-hydrogen) atoms. The fraction of sp³-hybridized carbons (Fsp3) is 0.263. The fourth-order valence-electron chi connectivity index (χ4n) is 2.69. The van der Waals surface area contributed by atoms with E-state index in [2.05, 4.69) is 4.90 Å². The molecule has 0 saturated carbocycles. The highest BCUT2D eigenvalue weighted by atomic mass is 16.2. The minimum Gasteiger partial charge on any atom is -0.309 e. The smallest absolute Gasteiger partial charge is 0.233 e. The molecule has 0 bridgehead atoms. The Morgan fingerprint density at radius 1 is 1.04 bits per heavy atom. The van der Waals surface area contributed by atoms with Crippen molar-refractivity contribution in [3.63, 3.8) is 0 Å². The van der Waals surface area contributed by atoms with Crippen LogP contribution >= 0.6 is 0 Å². The average molecular weight is 307 g/mol. The lowest BCUT2D eigenvalue weighted by Gasteiger charge is -2.24. The Balaban J connectivity index is 1.99. The van der Waals surface area contributed by atoms with Crippen molar-refractivity contribution in [2.75, 3.05) is 32.1 Å². The lowest BCUT2D eigenvalue weighted by molar-refractivity contribution is -0.117. The monoisotopic (exact) mass is 307 g/mol. The second-order valence-electron chi connectivity index (χ2n) is 5.94. The van der Waals surface area contributed by atoms with Crippen LogP contribution < -0.4 is 4.90 Å². The van der Waals surface area contributed by atoms with Gasteiger partial charge in [0.25, 0.3) is 0 Å². The van der Waals surface area contributed by atoms with Gasteiger partial charge < -0.3 is 9.80 Å². The molecule has 1 amide bonds. The van der Waals surface area contributed by atoms with Gasteiger partial charge in [0.15, 0.2) is 0 Å². The molecule has 118 valence electrons. The summed E-state index contributed by atoms with van der Waals surface area (Å²) in [7, 11) is 4.03. The van der Waals surface area contributed by atoms with E-state index in [-0.39, 0.29) is 5.91 Å². The summed E-state index contributed by atoms with van der Waals surface area (Å²) in [5.41, 5.74) is 3.58. The minimum absolute atomic E-state index is 0.0967. The van der Waals surface area contributed by atoms with E-state index in [4.69, 9.17) is 4.99 Å². The van der Waals surface area contributed by atoms with Crippen LogP contribution in [0.15, 0.2) is 59.6 Å². The first-order valence-corrected chi connectivity index (χ1v) is 7.82. The van der Waals surface area contributed by atoms with E-state index in [0.717, 1.165) is 29.2 Å². The van der Waals surface area contributed by atoms with Gasteiger partial charge in [-0.3, -0.25) is 9.79 Å². The molecule has 0 N–H and O–H groups in total. The Morgan fingerprint density at radius 2 is 1.74 bits per heavy atom. The molecule has 0 aromatic heterocycles. The van der Waals surface area contributed by atoms with Gasteiger partial charge in [0.1, 0.15) is 0 Å².